The van der Waals surface area contributed by atoms with Crippen LogP contribution in [0.3, 0.4) is 0 Å². The predicted molar refractivity (Wildman–Crippen MR) is 84.0 cm³/mol. The molecule has 23 heavy (non-hydrogen) atoms. The van der Waals surface area contributed by atoms with E-state index in [2.05, 4.69) is 0 Å². The van der Waals surface area contributed by atoms with E-state index in [1.165, 1.54) is 6.08 Å². The molecule has 0 fully saturated rings. The number of carboxylic acid groups (broad SMARTS) is 1. The lowest BCUT2D eigenvalue weighted by Crippen LogP contribution is -2.05. The lowest BCUT2D eigenvalue weighted by Gasteiger charge is -2.05. The molecule has 0 bridgehead atoms. The van der Waals surface area contributed by atoms with Crippen LogP contribution in [0.15, 0.2) is 84.7 Å². The van der Waals surface area contributed by atoms with E-state index in [-0.39, 0.29) is 5.76 Å². The molecule has 1 N–H and O–H groups in total. The van der Waals surface area contributed by atoms with Gasteiger partial charge in [-0.05, 0) is 30.3 Å². The summed E-state index contributed by atoms with van der Waals surface area (Å²) in [4.78, 5) is 22.5. The van der Waals surface area contributed by atoms with Gasteiger partial charge in [0.25, 0.3) is 0 Å². The van der Waals surface area contributed by atoms with Gasteiger partial charge in [-0.25, -0.2) is 9.59 Å². The van der Waals surface area contributed by atoms with Gasteiger partial charge >= 0.3 is 11.9 Å². The molecule has 0 aliphatic rings. The Morgan fingerprint density at radius 3 is 1.83 bits per heavy atom. The van der Waals surface area contributed by atoms with E-state index in [1.807, 2.05) is 0 Å². The molecule has 0 atom stereocenters. The van der Waals surface area contributed by atoms with Gasteiger partial charge in [-0.1, -0.05) is 36.4 Å². The van der Waals surface area contributed by atoms with Crippen molar-refractivity contribution in [3.05, 3.63) is 84.7 Å². The van der Waals surface area contributed by atoms with Crippen molar-refractivity contribution in [1.82, 2.24) is 0 Å². The number of rotatable bonds is 6. The monoisotopic (exact) mass is 310 g/mol. The van der Waals surface area contributed by atoms with Crippen LogP contribution in [0.4, 0.5) is 0 Å². The summed E-state index contributed by atoms with van der Waals surface area (Å²) in [6.45, 7) is 0. The topological polar surface area (TPSA) is 72.8 Å². The van der Waals surface area contributed by atoms with Crippen LogP contribution in [-0.4, -0.2) is 17.0 Å². The van der Waals surface area contributed by atoms with Gasteiger partial charge < -0.3 is 14.6 Å². The maximum absolute atomic E-state index is 11.7. The summed E-state index contributed by atoms with van der Waals surface area (Å²) >= 11 is 0. The maximum Gasteiger partial charge on any atom is 0.336 e. The van der Waals surface area contributed by atoms with Crippen LogP contribution in [0, 0.1) is 0 Å². The van der Waals surface area contributed by atoms with Crippen molar-refractivity contribution in [3.8, 4) is 11.5 Å². The molecule has 0 aromatic heterocycles. The predicted octanol–water partition coefficient (Wildman–Crippen LogP) is 3.20. The molecule has 0 radical (unpaired) electrons. The zero-order chi connectivity index (χ0) is 16.5. The first-order chi connectivity index (χ1) is 11.1. The lowest BCUT2D eigenvalue weighted by molar-refractivity contribution is -0.132. The number of allylic oxidation sites excluding steroid dienone is 1. The number of hydrogen-bond donors (Lipinski definition) is 1. The molecule has 0 amide bonds. The Balaban J connectivity index is 2.05. The molecule has 0 saturated carbocycles. The average Bonchev–Trinajstić information content (AvgIpc) is 2.54. The van der Waals surface area contributed by atoms with Gasteiger partial charge in [0.05, 0.1) is 6.08 Å². The van der Waals surface area contributed by atoms with Crippen molar-refractivity contribution in [1.29, 1.82) is 0 Å². The highest BCUT2D eigenvalue weighted by Gasteiger charge is 2.04. The summed E-state index contributed by atoms with van der Waals surface area (Å²) in [5.41, 5.74) is 0. The van der Waals surface area contributed by atoms with Crippen LogP contribution >= 0.6 is 0 Å². The molecule has 5 heteroatoms. The SMILES string of the molecule is O=C(O)/C=C(/C=C/C(=O)Oc1ccccc1)Oc1ccccc1. The maximum atomic E-state index is 11.7. The van der Waals surface area contributed by atoms with Crippen molar-refractivity contribution in [2.75, 3.05) is 0 Å². The quantitative estimate of drug-likeness (QED) is 0.292. The fraction of sp³-hybridized carbons (Fsp3) is 0. The molecule has 0 spiro atoms. The van der Waals surface area contributed by atoms with Gasteiger partial charge in [0, 0.05) is 6.08 Å². The van der Waals surface area contributed by atoms with Crippen LogP contribution in [0.5, 0.6) is 11.5 Å². The molecular weight excluding hydrogens is 296 g/mol. The third-order valence-corrected chi connectivity index (χ3v) is 2.59. The minimum absolute atomic E-state index is 0.00807. The highest BCUT2D eigenvalue weighted by molar-refractivity contribution is 5.85. The van der Waals surface area contributed by atoms with E-state index >= 15 is 0 Å². The number of carbonyl (C=O) groups is 2. The zero-order valence-corrected chi connectivity index (χ0v) is 12.1. The number of benzene rings is 2. The fourth-order valence-electron chi connectivity index (χ4n) is 1.65. The average molecular weight is 310 g/mol. The number of carbonyl (C=O) groups excluding carboxylic acids is 1. The molecule has 116 valence electrons. The van der Waals surface area contributed by atoms with E-state index in [4.69, 9.17) is 14.6 Å². The minimum Gasteiger partial charge on any atom is -0.478 e. The van der Waals surface area contributed by atoms with Crippen LogP contribution in [0.2, 0.25) is 0 Å². The summed E-state index contributed by atoms with van der Waals surface area (Å²) in [5.74, 6) is -0.953. The Hall–Kier alpha value is -3.34. The zero-order valence-electron chi connectivity index (χ0n) is 12.1. The number of esters is 1. The first kappa shape index (κ1) is 16.0. The molecule has 2 aromatic carbocycles. The minimum atomic E-state index is -1.18. The molecular formula is C18H14O5. The van der Waals surface area contributed by atoms with Gasteiger partial charge in [0.2, 0.25) is 0 Å². The van der Waals surface area contributed by atoms with E-state index in [0.717, 1.165) is 12.2 Å². The van der Waals surface area contributed by atoms with E-state index in [1.54, 1.807) is 60.7 Å². The molecule has 2 rings (SSSR count). The number of ether oxygens (including phenoxy) is 2. The molecule has 0 aliphatic heterocycles. The van der Waals surface area contributed by atoms with Crippen LogP contribution in [-0.2, 0) is 9.59 Å². The van der Waals surface area contributed by atoms with Crippen molar-refractivity contribution in [3.63, 3.8) is 0 Å². The highest BCUT2D eigenvalue weighted by atomic mass is 16.5. The van der Waals surface area contributed by atoms with E-state index in [0.29, 0.717) is 11.5 Å². The third kappa shape index (κ3) is 5.89. The Morgan fingerprint density at radius 2 is 1.30 bits per heavy atom. The summed E-state index contributed by atoms with van der Waals surface area (Å²) < 4.78 is 10.5. The molecule has 0 heterocycles. The highest BCUT2D eigenvalue weighted by Crippen LogP contribution is 2.14. The van der Waals surface area contributed by atoms with Crippen molar-refractivity contribution in [2.45, 2.75) is 0 Å². The first-order valence-corrected chi connectivity index (χ1v) is 6.76. The second-order valence-corrected chi connectivity index (χ2v) is 4.37. The van der Waals surface area contributed by atoms with Gasteiger partial charge in [-0.15, -0.1) is 0 Å². The fourth-order valence-corrected chi connectivity index (χ4v) is 1.65. The Morgan fingerprint density at radius 1 is 0.783 bits per heavy atom. The van der Waals surface area contributed by atoms with Crippen LogP contribution < -0.4 is 9.47 Å². The Labute approximate surface area is 133 Å². The summed E-state index contributed by atoms with van der Waals surface area (Å²) in [6.07, 6.45) is 3.20. The van der Waals surface area contributed by atoms with Gasteiger partial charge in [0.15, 0.2) is 0 Å². The van der Waals surface area contributed by atoms with Gasteiger partial charge in [-0.2, -0.15) is 0 Å². The first-order valence-electron chi connectivity index (χ1n) is 6.76. The van der Waals surface area contributed by atoms with E-state index < -0.39 is 11.9 Å². The van der Waals surface area contributed by atoms with Crippen LogP contribution in [0.1, 0.15) is 0 Å². The molecule has 0 saturated heterocycles. The van der Waals surface area contributed by atoms with Crippen molar-refractivity contribution in [2.24, 2.45) is 0 Å². The summed E-state index contributed by atoms with van der Waals surface area (Å²) in [7, 11) is 0. The van der Waals surface area contributed by atoms with Gasteiger partial charge in [-0.3, -0.25) is 0 Å². The molecule has 2 aromatic rings. The van der Waals surface area contributed by atoms with Crippen molar-refractivity contribution >= 4 is 11.9 Å². The smallest absolute Gasteiger partial charge is 0.336 e. The normalized spacial score (nSPS) is 11.2. The number of hydrogen-bond acceptors (Lipinski definition) is 4. The second-order valence-electron chi connectivity index (χ2n) is 4.37. The lowest BCUT2D eigenvalue weighted by atomic mass is 10.3. The molecule has 0 unspecified atom stereocenters. The van der Waals surface area contributed by atoms with E-state index in [9.17, 15) is 9.59 Å². The Kier molecular flexibility index (Phi) is 5.71. The summed E-state index contributed by atoms with van der Waals surface area (Å²) in [5, 5.41) is 8.86. The molecule has 5 nitrogen and oxygen atoms in total. The van der Waals surface area contributed by atoms with Crippen molar-refractivity contribution < 1.29 is 24.2 Å². The Bertz CT molecular complexity index is 718. The van der Waals surface area contributed by atoms with Crippen LogP contribution in [0.25, 0.3) is 0 Å². The standard InChI is InChI=1S/C18H14O5/c19-17(20)13-16(22-14-7-3-1-4-8-14)11-12-18(21)23-15-9-5-2-6-10-15/h1-13H,(H,19,20)/b12-11+,16-13-. The number of carboxylic acids is 1. The number of aliphatic carboxylic acids is 1. The largest absolute Gasteiger partial charge is 0.478 e. The second kappa shape index (κ2) is 8.19. The van der Waals surface area contributed by atoms with Gasteiger partial charge in [0.1, 0.15) is 17.3 Å². The third-order valence-electron chi connectivity index (χ3n) is 2.59. The molecule has 0 aliphatic carbocycles. The summed E-state index contributed by atoms with van der Waals surface area (Å²) in [6, 6.07) is 17.2. The number of para-hydroxylation sites is 2.